The standard InChI is InChI=1S/C19H17N3/c1-3-9-15(10-4-1)18-19(20-16-11-5-2-6-12-16)22-14-8-7-13-17(22)21-18/h1-9,11-14,19-20H,10H2/p+1/b18-15-. The van der Waals surface area contributed by atoms with Gasteiger partial charge >= 0.3 is 0 Å². The Morgan fingerprint density at radius 3 is 2.68 bits per heavy atom. The van der Waals surface area contributed by atoms with Crippen molar-refractivity contribution in [2.24, 2.45) is 0 Å². The summed E-state index contributed by atoms with van der Waals surface area (Å²) in [5.41, 5.74) is 3.65. The summed E-state index contributed by atoms with van der Waals surface area (Å²) >= 11 is 0. The number of benzene rings is 1. The summed E-state index contributed by atoms with van der Waals surface area (Å²) in [5.74, 6) is 1.11. The molecule has 1 unspecified atom stereocenters. The lowest BCUT2D eigenvalue weighted by molar-refractivity contribution is -0.686. The maximum Gasteiger partial charge on any atom is 0.281 e. The van der Waals surface area contributed by atoms with Gasteiger partial charge in [-0.3, -0.25) is 0 Å². The number of nitrogens with zero attached hydrogens (tertiary/aromatic N) is 1. The second-order valence-corrected chi connectivity index (χ2v) is 5.46. The summed E-state index contributed by atoms with van der Waals surface area (Å²) in [4.78, 5) is 0. The third-order valence-corrected chi connectivity index (χ3v) is 4.01. The average Bonchev–Trinajstić information content (AvgIpc) is 2.95. The van der Waals surface area contributed by atoms with Crippen molar-refractivity contribution in [1.82, 2.24) is 0 Å². The van der Waals surface area contributed by atoms with Gasteiger partial charge in [0.1, 0.15) is 0 Å². The van der Waals surface area contributed by atoms with Crippen LogP contribution in [0.5, 0.6) is 0 Å². The molecule has 0 saturated heterocycles. The first-order valence-corrected chi connectivity index (χ1v) is 7.57. The highest BCUT2D eigenvalue weighted by Crippen LogP contribution is 2.29. The van der Waals surface area contributed by atoms with E-state index >= 15 is 0 Å². The van der Waals surface area contributed by atoms with Crippen LogP contribution in [0, 0.1) is 0 Å². The Bertz CT molecular complexity index is 772. The highest BCUT2D eigenvalue weighted by atomic mass is 15.3. The van der Waals surface area contributed by atoms with Gasteiger partial charge in [-0.2, -0.15) is 0 Å². The van der Waals surface area contributed by atoms with Crippen LogP contribution in [0.1, 0.15) is 12.6 Å². The zero-order valence-corrected chi connectivity index (χ0v) is 12.2. The van der Waals surface area contributed by atoms with E-state index in [1.54, 1.807) is 0 Å². The minimum absolute atomic E-state index is 0.0877. The molecule has 108 valence electrons. The molecule has 0 fully saturated rings. The first-order chi connectivity index (χ1) is 10.9. The van der Waals surface area contributed by atoms with Crippen molar-refractivity contribution in [2.45, 2.75) is 12.6 Å². The van der Waals surface area contributed by atoms with Gasteiger partial charge in [0.05, 0.1) is 6.20 Å². The van der Waals surface area contributed by atoms with Gasteiger partial charge in [0, 0.05) is 17.3 Å². The molecule has 2 aliphatic rings. The molecular formula is C19H18N3+. The third-order valence-electron chi connectivity index (χ3n) is 4.01. The smallest absolute Gasteiger partial charge is 0.281 e. The van der Waals surface area contributed by atoms with E-state index in [1.165, 1.54) is 11.3 Å². The molecule has 0 saturated carbocycles. The molecule has 3 nitrogen and oxygen atoms in total. The van der Waals surface area contributed by atoms with Gasteiger partial charge in [-0.05, 0) is 24.6 Å². The molecule has 22 heavy (non-hydrogen) atoms. The third kappa shape index (κ3) is 2.31. The van der Waals surface area contributed by atoms with Crippen molar-refractivity contribution in [3.63, 3.8) is 0 Å². The van der Waals surface area contributed by atoms with Crippen LogP contribution in [0.3, 0.4) is 0 Å². The molecule has 2 aromatic rings. The van der Waals surface area contributed by atoms with Crippen LogP contribution in [0.25, 0.3) is 0 Å². The van der Waals surface area contributed by atoms with Crippen molar-refractivity contribution < 1.29 is 4.57 Å². The molecule has 2 heterocycles. The van der Waals surface area contributed by atoms with Gasteiger partial charge in [-0.25, -0.2) is 9.88 Å². The molecule has 0 bridgehead atoms. The van der Waals surface area contributed by atoms with Crippen LogP contribution in [0.15, 0.2) is 90.3 Å². The summed E-state index contributed by atoms with van der Waals surface area (Å²) in [7, 11) is 0. The first kappa shape index (κ1) is 12.9. The van der Waals surface area contributed by atoms with E-state index in [1.807, 2.05) is 6.07 Å². The number of anilines is 2. The van der Waals surface area contributed by atoms with E-state index in [9.17, 15) is 0 Å². The summed E-state index contributed by atoms with van der Waals surface area (Å²) in [6.45, 7) is 0. The van der Waals surface area contributed by atoms with Gasteiger partial charge in [0.2, 0.25) is 6.17 Å². The Labute approximate surface area is 130 Å². The van der Waals surface area contributed by atoms with Gasteiger partial charge in [0.15, 0.2) is 5.70 Å². The lowest BCUT2D eigenvalue weighted by atomic mass is 10.0. The van der Waals surface area contributed by atoms with Crippen molar-refractivity contribution in [2.75, 3.05) is 10.6 Å². The Morgan fingerprint density at radius 1 is 1.00 bits per heavy atom. The second kappa shape index (κ2) is 5.53. The molecule has 2 N–H and O–H groups in total. The van der Waals surface area contributed by atoms with E-state index in [0.717, 1.165) is 17.9 Å². The fourth-order valence-corrected chi connectivity index (χ4v) is 2.94. The van der Waals surface area contributed by atoms with Crippen molar-refractivity contribution in [3.8, 4) is 0 Å². The maximum absolute atomic E-state index is 3.63. The second-order valence-electron chi connectivity index (χ2n) is 5.46. The molecule has 1 aromatic carbocycles. The highest BCUT2D eigenvalue weighted by Gasteiger charge is 2.35. The van der Waals surface area contributed by atoms with Crippen molar-refractivity contribution in [3.05, 3.63) is 90.3 Å². The van der Waals surface area contributed by atoms with Crippen molar-refractivity contribution in [1.29, 1.82) is 0 Å². The molecule has 3 heteroatoms. The molecule has 1 atom stereocenters. The Kier molecular flexibility index (Phi) is 3.24. The van der Waals surface area contributed by atoms with Crippen LogP contribution >= 0.6 is 0 Å². The van der Waals surface area contributed by atoms with E-state index in [-0.39, 0.29) is 6.17 Å². The molecule has 0 amide bonds. The van der Waals surface area contributed by atoms with E-state index in [4.69, 9.17) is 0 Å². The molecule has 1 aliphatic heterocycles. The van der Waals surface area contributed by atoms with Crippen LogP contribution in [0.2, 0.25) is 0 Å². The minimum Gasteiger partial charge on any atom is -0.340 e. The molecule has 0 spiro atoms. The lowest BCUT2D eigenvalue weighted by Gasteiger charge is -2.15. The Hall–Kier alpha value is -2.81. The number of hydrogen-bond donors (Lipinski definition) is 2. The van der Waals surface area contributed by atoms with Crippen LogP contribution in [-0.4, -0.2) is 0 Å². The highest BCUT2D eigenvalue weighted by molar-refractivity contribution is 5.52. The topological polar surface area (TPSA) is 27.9 Å². The van der Waals surface area contributed by atoms with Crippen LogP contribution in [0.4, 0.5) is 11.5 Å². The first-order valence-electron chi connectivity index (χ1n) is 7.57. The molecule has 1 aliphatic carbocycles. The fourth-order valence-electron chi connectivity index (χ4n) is 2.94. The Morgan fingerprint density at radius 2 is 1.86 bits per heavy atom. The normalized spacial score (nSPS) is 22.3. The van der Waals surface area contributed by atoms with E-state index < -0.39 is 0 Å². The van der Waals surface area contributed by atoms with Gasteiger partial charge in [0.25, 0.3) is 5.82 Å². The molecule has 0 radical (unpaired) electrons. The SMILES string of the molecule is C1=CC/C(=C2\Nc3cccc[n+]3C2Nc2ccccc2)C=C1. The average molecular weight is 288 g/mol. The van der Waals surface area contributed by atoms with Crippen LogP contribution in [-0.2, 0) is 0 Å². The molecule has 1 aromatic heterocycles. The minimum atomic E-state index is 0.0877. The number of pyridine rings is 1. The van der Waals surface area contributed by atoms with Gasteiger partial charge in [-0.15, -0.1) is 0 Å². The summed E-state index contributed by atoms with van der Waals surface area (Å²) in [5, 5.41) is 7.20. The van der Waals surface area contributed by atoms with E-state index in [2.05, 4.69) is 88.2 Å². The molecular weight excluding hydrogens is 270 g/mol. The van der Waals surface area contributed by atoms with E-state index in [0.29, 0.717) is 0 Å². The zero-order valence-electron chi connectivity index (χ0n) is 12.2. The largest absolute Gasteiger partial charge is 0.340 e. The monoisotopic (exact) mass is 288 g/mol. The quantitative estimate of drug-likeness (QED) is 0.823. The molecule has 4 rings (SSSR count). The zero-order chi connectivity index (χ0) is 14.8. The number of aromatic nitrogens is 1. The Balaban J connectivity index is 1.76. The summed E-state index contributed by atoms with van der Waals surface area (Å²) < 4.78 is 2.24. The summed E-state index contributed by atoms with van der Waals surface area (Å²) in [6.07, 6.45) is 11.7. The summed E-state index contributed by atoms with van der Waals surface area (Å²) in [6, 6.07) is 16.6. The maximum atomic E-state index is 3.63. The number of nitrogens with one attached hydrogen (secondary N) is 2. The number of hydrogen-bond acceptors (Lipinski definition) is 2. The number of para-hydroxylation sites is 1. The fraction of sp³-hybridized carbons (Fsp3) is 0.105. The predicted molar refractivity (Wildman–Crippen MR) is 89.3 cm³/mol. The van der Waals surface area contributed by atoms with Gasteiger partial charge in [-0.1, -0.05) is 48.6 Å². The lowest BCUT2D eigenvalue weighted by Crippen LogP contribution is -2.40. The van der Waals surface area contributed by atoms with Crippen molar-refractivity contribution >= 4 is 11.5 Å². The predicted octanol–water partition coefficient (Wildman–Crippen LogP) is 3.78. The van der Waals surface area contributed by atoms with Gasteiger partial charge < -0.3 is 5.32 Å². The number of fused-ring (bicyclic) bond motifs is 1. The number of rotatable bonds is 2. The number of allylic oxidation sites excluding steroid dienone is 5. The van der Waals surface area contributed by atoms with Crippen LogP contribution < -0.4 is 15.2 Å².